The van der Waals surface area contributed by atoms with E-state index in [0.29, 0.717) is 28.6 Å². The number of hydrogen-bond acceptors (Lipinski definition) is 4. The van der Waals surface area contributed by atoms with Crippen LogP contribution < -0.4 is 9.64 Å². The van der Waals surface area contributed by atoms with Crippen molar-refractivity contribution in [3.63, 3.8) is 0 Å². The van der Waals surface area contributed by atoms with E-state index in [1.54, 1.807) is 49.4 Å². The van der Waals surface area contributed by atoms with Gasteiger partial charge in [0.15, 0.2) is 11.5 Å². The normalized spacial score (nSPS) is 16.8. The number of carbonyl (C=O) groups is 2. The maximum absolute atomic E-state index is 12.8. The lowest BCUT2D eigenvalue weighted by Crippen LogP contribution is -2.31. The molecule has 1 aliphatic rings. The summed E-state index contributed by atoms with van der Waals surface area (Å²) < 4.78 is 5.55. The minimum absolute atomic E-state index is 0.103. The van der Waals surface area contributed by atoms with Crippen LogP contribution in [0.15, 0.2) is 59.9 Å². The summed E-state index contributed by atoms with van der Waals surface area (Å²) in [5.74, 6) is -0.762. The number of aliphatic hydroxyl groups is 1. The van der Waals surface area contributed by atoms with Gasteiger partial charge in [-0.2, -0.15) is 0 Å². The van der Waals surface area contributed by atoms with E-state index in [2.05, 4.69) is 0 Å². The molecule has 5 nitrogen and oxygen atoms in total. The van der Waals surface area contributed by atoms with E-state index in [1.807, 2.05) is 13.0 Å². The highest BCUT2D eigenvalue weighted by Crippen LogP contribution is 2.42. The van der Waals surface area contributed by atoms with Crippen LogP contribution >= 0.6 is 11.6 Å². The Morgan fingerprint density at radius 1 is 1.19 bits per heavy atom. The predicted molar refractivity (Wildman–Crippen MR) is 104 cm³/mol. The summed E-state index contributed by atoms with van der Waals surface area (Å²) in [6.45, 7) is 4.07. The highest BCUT2D eigenvalue weighted by Gasteiger charge is 2.43. The molecule has 1 N–H and O–H groups in total. The maximum Gasteiger partial charge on any atom is 0.294 e. The number of ether oxygens (including phenoxy) is 1. The van der Waals surface area contributed by atoms with Crippen molar-refractivity contribution in [3.8, 4) is 5.75 Å². The molecule has 0 saturated heterocycles. The molecule has 1 amide bonds. The molecule has 0 aromatic heterocycles. The van der Waals surface area contributed by atoms with E-state index in [-0.39, 0.29) is 17.8 Å². The molecule has 2 aromatic rings. The van der Waals surface area contributed by atoms with Crippen LogP contribution in [-0.2, 0) is 9.59 Å². The zero-order chi connectivity index (χ0) is 19.6. The SMILES string of the molecule is CCOc1cccc(C2C(C(=O)CC)=C(O)C(=O)N2c2ccc(Cl)cc2)c1. The Kier molecular flexibility index (Phi) is 5.51. The minimum atomic E-state index is -0.730. The van der Waals surface area contributed by atoms with E-state index < -0.39 is 17.7 Å². The number of aliphatic hydroxyl groups excluding tert-OH is 1. The highest BCUT2D eigenvalue weighted by atomic mass is 35.5. The fourth-order valence-electron chi connectivity index (χ4n) is 3.20. The summed E-state index contributed by atoms with van der Waals surface area (Å²) in [5, 5.41) is 11.0. The average molecular weight is 386 g/mol. The van der Waals surface area contributed by atoms with Crippen LogP contribution in [0.3, 0.4) is 0 Å². The molecule has 0 bridgehead atoms. The van der Waals surface area contributed by atoms with Crippen molar-refractivity contribution in [2.45, 2.75) is 26.3 Å². The third kappa shape index (κ3) is 3.55. The molecule has 0 fully saturated rings. The molecule has 0 spiro atoms. The molecule has 0 radical (unpaired) electrons. The molecular formula is C21H20ClNO4. The Bertz CT molecular complexity index is 905. The van der Waals surface area contributed by atoms with Gasteiger partial charge in [0.2, 0.25) is 0 Å². The van der Waals surface area contributed by atoms with Crippen LogP contribution in [-0.4, -0.2) is 23.4 Å². The Morgan fingerprint density at radius 3 is 2.52 bits per heavy atom. The van der Waals surface area contributed by atoms with Gasteiger partial charge in [-0.05, 0) is 48.9 Å². The first-order valence-corrected chi connectivity index (χ1v) is 9.13. The topological polar surface area (TPSA) is 66.8 Å². The number of rotatable bonds is 6. The molecule has 1 aliphatic heterocycles. The van der Waals surface area contributed by atoms with Gasteiger partial charge in [-0.3, -0.25) is 14.5 Å². The van der Waals surface area contributed by atoms with Crippen molar-refractivity contribution < 1.29 is 19.4 Å². The van der Waals surface area contributed by atoms with Gasteiger partial charge in [0, 0.05) is 17.1 Å². The van der Waals surface area contributed by atoms with Gasteiger partial charge in [0.1, 0.15) is 5.75 Å². The monoisotopic (exact) mass is 385 g/mol. The number of amides is 1. The summed E-state index contributed by atoms with van der Waals surface area (Å²) in [6.07, 6.45) is 0.183. The lowest BCUT2D eigenvalue weighted by Gasteiger charge is -2.27. The van der Waals surface area contributed by atoms with Gasteiger partial charge >= 0.3 is 0 Å². The summed E-state index contributed by atoms with van der Waals surface area (Å²) in [7, 11) is 0. The Morgan fingerprint density at radius 2 is 1.89 bits per heavy atom. The van der Waals surface area contributed by atoms with E-state index in [1.165, 1.54) is 4.90 Å². The smallest absolute Gasteiger partial charge is 0.294 e. The van der Waals surface area contributed by atoms with Crippen molar-refractivity contribution >= 4 is 29.0 Å². The second-order valence-corrected chi connectivity index (χ2v) is 6.54. The fraction of sp³-hybridized carbons (Fsp3) is 0.238. The van der Waals surface area contributed by atoms with Crippen LogP contribution in [0, 0.1) is 0 Å². The first-order chi connectivity index (χ1) is 13.0. The van der Waals surface area contributed by atoms with Crippen LogP contribution in [0.5, 0.6) is 5.75 Å². The number of anilines is 1. The van der Waals surface area contributed by atoms with Crippen molar-refractivity contribution in [1.29, 1.82) is 0 Å². The Labute approximate surface area is 162 Å². The molecule has 0 aliphatic carbocycles. The standard InChI is InChI=1S/C21H20ClNO4/c1-3-17(24)18-19(13-6-5-7-16(12-13)27-4-2)23(21(26)20(18)25)15-10-8-14(22)9-11-15/h5-12,19,25H,3-4H2,1-2H3. The van der Waals surface area contributed by atoms with Crippen molar-refractivity contribution in [1.82, 2.24) is 0 Å². The molecule has 2 aromatic carbocycles. The molecule has 1 atom stereocenters. The third-order valence-corrected chi connectivity index (χ3v) is 4.67. The second kappa shape index (κ2) is 7.84. The summed E-state index contributed by atoms with van der Waals surface area (Å²) in [5.41, 5.74) is 1.33. The zero-order valence-corrected chi connectivity index (χ0v) is 15.9. The molecule has 0 saturated carbocycles. The zero-order valence-electron chi connectivity index (χ0n) is 15.1. The average Bonchev–Trinajstić information content (AvgIpc) is 2.94. The van der Waals surface area contributed by atoms with Gasteiger partial charge in [0.25, 0.3) is 5.91 Å². The van der Waals surface area contributed by atoms with Crippen molar-refractivity contribution in [2.75, 3.05) is 11.5 Å². The van der Waals surface area contributed by atoms with E-state index in [9.17, 15) is 14.7 Å². The number of halogens is 1. The lowest BCUT2D eigenvalue weighted by molar-refractivity contribution is -0.118. The van der Waals surface area contributed by atoms with E-state index >= 15 is 0 Å². The molecule has 1 heterocycles. The molecule has 27 heavy (non-hydrogen) atoms. The summed E-state index contributed by atoms with van der Waals surface area (Å²) in [4.78, 5) is 26.8. The van der Waals surface area contributed by atoms with Gasteiger partial charge in [-0.15, -0.1) is 0 Å². The first kappa shape index (κ1) is 19.0. The van der Waals surface area contributed by atoms with E-state index in [0.717, 1.165) is 0 Å². The number of ketones is 1. The second-order valence-electron chi connectivity index (χ2n) is 6.10. The van der Waals surface area contributed by atoms with Gasteiger partial charge in [-0.25, -0.2) is 0 Å². The predicted octanol–water partition coefficient (Wildman–Crippen LogP) is 4.62. The largest absolute Gasteiger partial charge is 0.503 e. The van der Waals surface area contributed by atoms with Crippen molar-refractivity contribution in [2.24, 2.45) is 0 Å². The Hall–Kier alpha value is -2.79. The molecule has 140 valence electrons. The quantitative estimate of drug-likeness (QED) is 0.788. The maximum atomic E-state index is 12.8. The van der Waals surface area contributed by atoms with Gasteiger partial charge in [-0.1, -0.05) is 30.7 Å². The Balaban J connectivity index is 2.15. The molecule has 3 rings (SSSR count). The summed E-state index contributed by atoms with van der Waals surface area (Å²) >= 11 is 5.96. The van der Waals surface area contributed by atoms with Crippen molar-refractivity contribution in [3.05, 3.63) is 70.4 Å². The lowest BCUT2D eigenvalue weighted by atomic mass is 9.94. The minimum Gasteiger partial charge on any atom is -0.503 e. The number of benzene rings is 2. The van der Waals surface area contributed by atoms with Gasteiger partial charge in [0.05, 0.1) is 18.2 Å². The fourth-order valence-corrected chi connectivity index (χ4v) is 3.33. The van der Waals surface area contributed by atoms with Crippen LogP contribution in [0.4, 0.5) is 5.69 Å². The van der Waals surface area contributed by atoms with Crippen LogP contribution in [0.25, 0.3) is 0 Å². The summed E-state index contributed by atoms with van der Waals surface area (Å²) in [6, 6.07) is 13.2. The van der Waals surface area contributed by atoms with Crippen LogP contribution in [0.1, 0.15) is 31.9 Å². The van der Waals surface area contributed by atoms with Gasteiger partial charge < -0.3 is 9.84 Å². The number of nitrogens with zero attached hydrogens (tertiary/aromatic N) is 1. The van der Waals surface area contributed by atoms with Crippen LogP contribution in [0.2, 0.25) is 5.02 Å². The number of Topliss-reactive ketones (excluding diaryl/α,β-unsaturated/α-hetero) is 1. The molecule has 1 unspecified atom stereocenters. The van der Waals surface area contributed by atoms with E-state index in [4.69, 9.17) is 16.3 Å². The third-order valence-electron chi connectivity index (χ3n) is 4.42. The first-order valence-electron chi connectivity index (χ1n) is 8.76. The molecular weight excluding hydrogens is 366 g/mol. The highest BCUT2D eigenvalue weighted by molar-refractivity contribution is 6.30. The molecule has 6 heteroatoms. The number of carbonyl (C=O) groups excluding carboxylic acids is 2. The number of hydrogen-bond donors (Lipinski definition) is 1.